The van der Waals surface area contributed by atoms with Gasteiger partial charge in [-0.2, -0.15) is 0 Å². The fourth-order valence-corrected chi connectivity index (χ4v) is 5.26. The van der Waals surface area contributed by atoms with Crippen LogP contribution in [0.25, 0.3) is 10.9 Å². The lowest BCUT2D eigenvalue weighted by atomic mass is 10.1. The first-order valence-corrected chi connectivity index (χ1v) is 15.0. The lowest BCUT2D eigenvalue weighted by Crippen LogP contribution is -2.56. The highest BCUT2D eigenvalue weighted by molar-refractivity contribution is 5.99. The van der Waals surface area contributed by atoms with E-state index in [-0.39, 0.29) is 76.1 Å². The molecule has 0 bridgehead atoms. The van der Waals surface area contributed by atoms with Gasteiger partial charge in [-0.15, -0.1) is 0 Å². The molecule has 2 aliphatic rings. The van der Waals surface area contributed by atoms with E-state index in [4.69, 9.17) is 14.6 Å². The normalized spacial score (nSPS) is 16.1. The minimum atomic E-state index is -1.17. The Bertz CT molecular complexity index is 1450. The molecule has 16 nitrogen and oxygen atoms in total. The predicted octanol–water partition coefficient (Wildman–Crippen LogP) is 0.106. The van der Waals surface area contributed by atoms with Crippen molar-refractivity contribution in [3.05, 3.63) is 36.0 Å². The monoisotopic (exact) mass is 642 g/mol. The van der Waals surface area contributed by atoms with E-state index in [2.05, 4.69) is 10.3 Å². The molecule has 1 unspecified atom stereocenters. The van der Waals surface area contributed by atoms with Gasteiger partial charge in [-0.05, 0) is 25.5 Å². The van der Waals surface area contributed by atoms with Crippen molar-refractivity contribution in [1.82, 2.24) is 29.9 Å². The first-order valence-electron chi connectivity index (χ1n) is 15.0. The minimum absolute atomic E-state index is 0.0938. The van der Waals surface area contributed by atoms with E-state index < -0.39 is 35.9 Å². The van der Waals surface area contributed by atoms with Crippen LogP contribution in [0.5, 0.6) is 5.75 Å². The Morgan fingerprint density at radius 1 is 0.891 bits per heavy atom. The maximum atomic E-state index is 13.5. The molecule has 2 aromatic rings. The number of amides is 4. The number of benzene rings is 1. The molecule has 46 heavy (non-hydrogen) atoms. The third kappa shape index (κ3) is 9.03. The minimum Gasteiger partial charge on any atom is -0.483 e. The number of ether oxygens (including phenoxy) is 2. The second-order valence-electron chi connectivity index (χ2n) is 10.8. The summed E-state index contributed by atoms with van der Waals surface area (Å²) in [6.07, 6.45) is -1.01. The Morgan fingerprint density at radius 2 is 1.54 bits per heavy atom. The number of para-hydroxylation sites is 1. The van der Waals surface area contributed by atoms with Gasteiger partial charge < -0.3 is 39.7 Å². The van der Waals surface area contributed by atoms with Crippen molar-refractivity contribution in [1.29, 1.82) is 0 Å². The molecule has 0 spiro atoms. The van der Waals surface area contributed by atoms with Gasteiger partial charge in [0.05, 0.1) is 18.7 Å². The average molecular weight is 643 g/mol. The van der Waals surface area contributed by atoms with E-state index >= 15 is 0 Å². The molecular weight excluding hydrogens is 604 g/mol. The summed E-state index contributed by atoms with van der Waals surface area (Å²) in [5.41, 5.74) is 0.312. The lowest BCUT2D eigenvalue weighted by molar-refractivity contribution is -0.140. The molecule has 2 aliphatic heterocycles. The lowest BCUT2D eigenvalue weighted by Gasteiger charge is -2.35. The highest BCUT2D eigenvalue weighted by Crippen LogP contribution is 2.26. The number of pyridine rings is 1. The van der Waals surface area contributed by atoms with Crippen molar-refractivity contribution in [3.8, 4) is 5.75 Å². The van der Waals surface area contributed by atoms with Crippen LogP contribution < -0.4 is 10.1 Å². The molecule has 0 saturated carbocycles. The maximum Gasteiger partial charge on any atom is 0.409 e. The standard InChI is InChI=1S/C30H38N6O10/c1-2-45-30(44)36-15-13-35(14-16-36)29(43)22(7-8-26(38)39)32-28(42)23-17-24(20-5-3-4-6-21(20)31-23)46-19-25(37)34-11-9-33(10-12-34)18-27(40)41/h3-6,17,22H,2,7-16,18-19H2,1H3,(H,32,42)(H,38,39)(H,40,41). The quantitative estimate of drug-likeness (QED) is 0.283. The van der Waals surface area contributed by atoms with Crippen LogP contribution in [-0.4, -0.2) is 149 Å². The van der Waals surface area contributed by atoms with E-state index in [9.17, 15) is 33.9 Å². The first kappa shape index (κ1) is 33.9. The number of carboxylic acids is 2. The zero-order chi connectivity index (χ0) is 33.2. The molecule has 1 aromatic carbocycles. The number of hydrogen-bond acceptors (Lipinski definition) is 10. The van der Waals surface area contributed by atoms with Crippen molar-refractivity contribution in [2.45, 2.75) is 25.8 Å². The first-order chi connectivity index (χ1) is 22.0. The highest BCUT2D eigenvalue weighted by atomic mass is 16.6. The summed E-state index contributed by atoms with van der Waals surface area (Å²) >= 11 is 0. The number of carbonyl (C=O) groups excluding carboxylic acids is 4. The van der Waals surface area contributed by atoms with Crippen LogP contribution in [0.2, 0.25) is 0 Å². The van der Waals surface area contributed by atoms with Gasteiger partial charge in [-0.25, -0.2) is 9.78 Å². The molecule has 2 fully saturated rings. The van der Waals surface area contributed by atoms with Crippen molar-refractivity contribution in [2.75, 3.05) is 72.1 Å². The van der Waals surface area contributed by atoms with E-state index in [0.29, 0.717) is 37.1 Å². The van der Waals surface area contributed by atoms with Crippen LogP contribution in [0, 0.1) is 0 Å². The Hall–Kier alpha value is -4.99. The summed E-state index contributed by atoms with van der Waals surface area (Å²) in [6.45, 7) is 3.87. The molecule has 1 aromatic heterocycles. The zero-order valence-electron chi connectivity index (χ0n) is 25.6. The third-order valence-electron chi connectivity index (χ3n) is 7.71. The fourth-order valence-electron chi connectivity index (χ4n) is 5.26. The van der Waals surface area contributed by atoms with Crippen molar-refractivity contribution in [2.24, 2.45) is 0 Å². The summed E-state index contributed by atoms with van der Waals surface area (Å²) in [5, 5.41) is 21.4. The number of fused-ring (bicyclic) bond motifs is 1. The van der Waals surface area contributed by atoms with Crippen LogP contribution >= 0.6 is 0 Å². The average Bonchev–Trinajstić information content (AvgIpc) is 3.05. The van der Waals surface area contributed by atoms with Crippen LogP contribution in [0.4, 0.5) is 4.79 Å². The molecule has 16 heteroatoms. The number of carbonyl (C=O) groups is 6. The van der Waals surface area contributed by atoms with E-state index in [1.165, 1.54) is 15.9 Å². The molecule has 1 atom stereocenters. The summed E-state index contributed by atoms with van der Waals surface area (Å²) in [5.74, 6) is -3.36. The van der Waals surface area contributed by atoms with Crippen molar-refractivity contribution < 1.29 is 48.5 Å². The third-order valence-corrected chi connectivity index (χ3v) is 7.71. The summed E-state index contributed by atoms with van der Waals surface area (Å²) in [6, 6.07) is 7.06. The molecular formula is C30H38N6O10. The number of aromatic nitrogens is 1. The molecule has 4 rings (SSSR count). The number of carboxylic acid groups (broad SMARTS) is 2. The Morgan fingerprint density at radius 3 is 2.20 bits per heavy atom. The molecule has 4 amide bonds. The number of aliphatic carboxylic acids is 2. The van der Waals surface area contributed by atoms with Crippen LogP contribution in [0.3, 0.4) is 0 Å². The Kier molecular flexibility index (Phi) is 11.7. The molecule has 0 radical (unpaired) electrons. The van der Waals surface area contributed by atoms with Gasteiger partial charge in [0.15, 0.2) is 6.61 Å². The Labute approximate surface area is 264 Å². The van der Waals surface area contributed by atoms with Gasteiger partial charge in [0.25, 0.3) is 11.8 Å². The van der Waals surface area contributed by atoms with Crippen LogP contribution in [-0.2, 0) is 23.9 Å². The van der Waals surface area contributed by atoms with Crippen molar-refractivity contribution >= 4 is 46.7 Å². The van der Waals surface area contributed by atoms with Crippen molar-refractivity contribution in [3.63, 3.8) is 0 Å². The summed E-state index contributed by atoms with van der Waals surface area (Å²) in [4.78, 5) is 84.8. The van der Waals surface area contributed by atoms with Gasteiger partial charge in [-0.3, -0.25) is 28.9 Å². The van der Waals surface area contributed by atoms with Gasteiger partial charge in [0.1, 0.15) is 17.5 Å². The topological polar surface area (TPSA) is 199 Å². The smallest absolute Gasteiger partial charge is 0.409 e. The van der Waals surface area contributed by atoms with Gasteiger partial charge in [-0.1, -0.05) is 12.1 Å². The maximum absolute atomic E-state index is 13.5. The number of hydrogen-bond donors (Lipinski definition) is 3. The molecule has 3 heterocycles. The van der Waals surface area contributed by atoms with Gasteiger partial charge in [0, 0.05) is 70.2 Å². The second kappa shape index (κ2) is 15.8. The molecule has 248 valence electrons. The van der Waals surface area contributed by atoms with Gasteiger partial charge >= 0.3 is 18.0 Å². The number of rotatable bonds is 12. The SMILES string of the molecule is CCOC(=O)N1CCN(C(=O)C(CCC(=O)O)NC(=O)c2cc(OCC(=O)N3CCN(CC(=O)O)CC3)c3ccccc3n2)CC1. The number of nitrogens with one attached hydrogen (secondary N) is 1. The van der Waals surface area contributed by atoms with Gasteiger partial charge in [0.2, 0.25) is 5.91 Å². The van der Waals surface area contributed by atoms with E-state index in [0.717, 1.165) is 0 Å². The van der Waals surface area contributed by atoms with E-state index in [1.54, 1.807) is 41.0 Å². The highest BCUT2D eigenvalue weighted by Gasteiger charge is 2.31. The fraction of sp³-hybridized carbons (Fsp3) is 0.500. The number of nitrogens with zero attached hydrogens (tertiary/aromatic N) is 5. The summed E-state index contributed by atoms with van der Waals surface area (Å²) < 4.78 is 10.9. The number of piperazine rings is 2. The Balaban J connectivity index is 1.44. The van der Waals surface area contributed by atoms with Crippen LogP contribution in [0.15, 0.2) is 30.3 Å². The molecule has 0 aliphatic carbocycles. The molecule has 3 N–H and O–H groups in total. The zero-order valence-corrected chi connectivity index (χ0v) is 25.6. The van der Waals surface area contributed by atoms with E-state index in [1.807, 2.05) is 0 Å². The van der Waals surface area contributed by atoms with Crippen LogP contribution in [0.1, 0.15) is 30.3 Å². The predicted molar refractivity (Wildman–Crippen MR) is 161 cm³/mol. The molecule has 2 saturated heterocycles. The summed E-state index contributed by atoms with van der Waals surface area (Å²) in [7, 11) is 0. The largest absolute Gasteiger partial charge is 0.483 e. The second-order valence-corrected chi connectivity index (χ2v) is 10.8.